The fraction of sp³-hybridized carbons (Fsp3) is 0.211. The average molecular weight is 1060 g/mol. The molecule has 8 aromatic carbocycles. The lowest BCUT2D eigenvalue weighted by Crippen LogP contribution is -1.95. The van der Waals surface area contributed by atoms with Crippen LogP contribution in [0.2, 0.25) is 0 Å². The lowest BCUT2D eigenvalue weighted by atomic mass is 9.99. The molecule has 4 nitrogen and oxygen atoms in total. The molecule has 0 bridgehead atoms. The molecular formula is C76H75FN4. The van der Waals surface area contributed by atoms with Crippen molar-refractivity contribution in [2.75, 3.05) is 0 Å². The number of benzene rings is 8. The molecule has 0 radical (unpaired) electrons. The summed E-state index contributed by atoms with van der Waals surface area (Å²) in [5, 5.41) is 4.56. The third-order valence-electron chi connectivity index (χ3n) is 14.8. The van der Waals surface area contributed by atoms with Crippen molar-refractivity contribution in [1.82, 2.24) is 19.9 Å². The van der Waals surface area contributed by atoms with E-state index in [-0.39, 0.29) is 11.7 Å². The van der Waals surface area contributed by atoms with Gasteiger partial charge in [-0.2, -0.15) is 0 Å². The molecule has 12 rings (SSSR count). The van der Waals surface area contributed by atoms with Gasteiger partial charge in [-0.15, -0.1) is 0 Å². The van der Waals surface area contributed by atoms with E-state index in [0.717, 1.165) is 74.2 Å². The minimum absolute atomic E-state index is 0.150. The molecule has 0 fully saturated rings. The Hall–Kier alpha value is -8.67. The van der Waals surface area contributed by atoms with Gasteiger partial charge >= 0.3 is 0 Å². The number of rotatable bonds is 7. The summed E-state index contributed by atoms with van der Waals surface area (Å²) < 4.78 is 14.0. The summed E-state index contributed by atoms with van der Waals surface area (Å²) in [5.41, 5.74) is 27.7. The molecule has 0 aliphatic rings. The van der Waals surface area contributed by atoms with Crippen LogP contribution in [0.1, 0.15) is 100 Å². The van der Waals surface area contributed by atoms with Crippen molar-refractivity contribution in [3.8, 4) is 45.0 Å². The average Bonchev–Trinajstić information content (AvgIpc) is 3.46. The summed E-state index contributed by atoms with van der Waals surface area (Å²) in [6, 6.07) is 65.5. The molecule has 5 heteroatoms. The highest BCUT2D eigenvalue weighted by Crippen LogP contribution is 2.30. The second kappa shape index (κ2) is 25.2. The van der Waals surface area contributed by atoms with Crippen molar-refractivity contribution in [3.05, 3.63) is 261 Å². The van der Waals surface area contributed by atoms with Crippen LogP contribution in [0, 0.1) is 68.1 Å². The third kappa shape index (κ3) is 14.0. The maximum atomic E-state index is 14.0. The molecule has 0 N–H and O–H groups in total. The second-order valence-electron chi connectivity index (χ2n) is 22.4. The normalized spacial score (nSPS) is 11.0. The van der Waals surface area contributed by atoms with E-state index in [2.05, 4.69) is 228 Å². The number of aryl methyl sites for hydroxylation is 11. The lowest BCUT2D eigenvalue weighted by Gasteiger charge is -2.10. The Morgan fingerprint density at radius 2 is 0.778 bits per heavy atom. The van der Waals surface area contributed by atoms with E-state index in [1.165, 1.54) is 94.0 Å². The van der Waals surface area contributed by atoms with E-state index in [9.17, 15) is 4.39 Å². The monoisotopic (exact) mass is 1060 g/mol. The number of fused-ring (bicyclic) bond motifs is 4. The summed E-state index contributed by atoms with van der Waals surface area (Å²) in [6.45, 7) is 27.5. The van der Waals surface area contributed by atoms with E-state index >= 15 is 0 Å². The molecule has 0 amide bonds. The highest BCUT2D eigenvalue weighted by atomic mass is 19.1. The van der Waals surface area contributed by atoms with Gasteiger partial charge in [-0.05, 0) is 205 Å². The van der Waals surface area contributed by atoms with Crippen LogP contribution in [-0.4, -0.2) is 19.9 Å². The molecule has 0 aliphatic heterocycles. The summed E-state index contributed by atoms with van der Waals surface area (Å²) in [4.78, 5) is 19.2. The fourth-order valence-corrected chi connectivity index (χ4v) is 10.8. The van der Waals surface area contributed by atoms with Gasteiger partial charge in [0.25, 0.3) is 0 Å². The topological polar surface area (TPSA) is 51.6 Å². The zero-order valence-corrected chi connectivity index (χ0v) is 49.6. The Bertz CT molecular complexity index is 4210. The molecule has 0 atom stereocenters. The molecule has 0 saturated carbocycles. The highest BCUT2D eigenvalue weighted by molar-refractivity contribution is 5.87. The number of halogens is 1. The number of aromatic nitrogens is 4. The van der Waals surface area contributed by atoms with Crippen LogP contribution < -0.4 is 0 Å². The molecule has 0 aliphatic carbocycles. The number of nitrogens with zero attached hydrogens (tertiary/aromatic N) is 4. The molecule has 0 unspecified atom stereocenters. The first-order chi connectivity index (χ1) is 38.9. The van der Waals surface area contributed by atoms with Gasteiger partial charge in [0, 0.05) is 43.8 Å². The standard InChI is InChI=1S/C21H23N.C19H18FN.2C18H17N/c1-5-16-12-17(6-2)19-7-8-20(22-21(19)13-16)18-10-14(3)9-15(4)11-18;1-12(2)16-11-19-15(10-17(16)20)7-8-18(21-19)14-6-4-5-13(3)9-14;1-12-4-5-15-6-7-17(19-18(15)11-12)16-9-13(2)8-14(3)10-16;1-12-5-4-6-15(10-12)17-8-7-16-14(3)9-13(2)11-18(16)19-17/h7-13H,5-6H2,1-4H3;4-12H,1-3H3;2*4-11H,1-3H3. The van der Waals surface area contributed by atoms with Gasteiger partial charge in [-0.3, -0.25) is 0 Å². The first kappa shape index (κ1) is 57.0. The zero-order chi connectivity index (χ0) is 57.5. The quantitative estimate of drug-likeness (QED) is 0.160. The van der Waals surface area contributed by atoms with E-state index in [4.69, 9.17) is 19.9 Å². The van der Waals surface area contributed by atoms with Crippen LogP contribution in [0.3, 0.4) is 0 Å². The third-order valence-corrected chi connectivity index (χ3v) is 14.8. The van der Waals surface area contributed by atoms with Crippen LogP contribution in [0.4, 0.5) is 4.39 Å². The van der Waals surface area contributed by atoms with Crippen LogP contribution in [0.5, 0.6) is 0 Å². The second-order valence-corrected chi connectivity index (χ2v) is 22.4. The summed E-state index contributed by atoms with van der Waals surface area (Å²) in [5.74, 6) is 0.00133. The SMILES string of the molecule is CCc1cc(CC)c2ccc(-c3cc(C)cc(C)c3)nc2c1.Cc1cc(C)cc(-c2ccc3ccc(C)cc3n2)c1.Cc1cccc(-c2ccc3c(C)cc(C)cc3n2)c1.Cc1cccc(-c2ccc3cc(F)c(C(C)C)cc3n2)c1. The van der Waals surface area contributed by atoms with Crippen molar-refractivity contribution in [2.45, 2.75) is 109 Å². The van der Waals surface area contributed by atoms with Gasteiger partial charge in [0.2, 0.25) is 0 Å². The number of hydrogen-bond acceptors (Lipinski definition) is 4. The van der Waals surface area contributed by atoms with E-state index < -0.39 is 0 Å². The minimum atomic E-state index is -0.150. The molecule has 4 aromatic heterocycles. The molecule has 81 heavy (non-hydrogen) atoms. The van der Waals surface area contributed by atoms with Crippen LogP contribution in [0.25, 0.3) is 88.6 Å². The smallest absolute Gasteiger partial charge is 0.127 e. The fourth-order valence-electron chi connectivity index (χ4n) is 10.8. The summed E-state index contributed by atoms with van der Waals surface area (Å²) in [7, 11) is 0. The molecule has 0 spiro atoms. The first-order valence-corrected chi connectivity index (χ1v) is 28.5. The summed E-state index contributed by atoms with van der Waals surface area (Å²) >= 11 is 0. The molecule has 12 aromatic rings. The largest absolute Gasteiger partial charge is 0.248 e. The highest BCUT2D eigenvalue weighted by Gasteiger charge is 2.12. The van der Waals surface area contributed by atoms with Crippen molar-refractivity contribution in [1.29, 1.82) is 0 Å². The lowest BCUT2D eigenvalue weighted by molar-refractivity contribution is 0.600. The minimum Gasteiger partial charge on any atom is -0.248 e. The Balaban J connectivity index is 0.000000131. The van der Waals surface area contributed by atoms with Gasteiger partial charge in [0.05, 0.1) is 44.8 Å². The Morgan fingerprint density at radius 1 is 0.346 bits per heavy atom. The van der Waals surface area contributed by atoms with Gasteiger partial charge in [-0.1, -0.05) is 158 Å². The van der Waals surface area contributed by atoms with Crippen molar-refractivity contribution in [2.24, 2.45) is 0 Å². The molecule has 0 saturated heterocycles. The van der Waals surface area contributed by atoms with Gasteiger partial charge in [0.15, 0.2) is 0 Å². The van der Waals surface area contributed by atoms with E-state index in [1.54, 1.807) is 6.07 Å². The predicted molar refractivity (Wildman–Crippen MR) is 344 cm³/mol. The maximum absolute atomic E-state index is 14.0. The Kier molecular flexibility index (Phi) is 17.7. The predicted octanol–water partition coefficient (Wildman–Crippen LogP) is 20.8. The first-order valence-electron chi connectivity index (χ1n) is 28.5. The maximum Gasteiger partial charge on any atom is 0.127 e. The Morgan fingerprint density at radius 3 is 1.31 bits per heavy atom. The number of pyridine rings is 4. The number of hydrogen-bond donors (Lipinski definition) is 0. The van der Waals surface area contributed by atoms with Crippen molar-refractivity contribution < 1.29 is 4.39 Å². The van der Waals surface area contributed by atoms with E-state index in [1.807, 2.05) is 44.2 Å². The molecular weight excluding hydrogens is 988 g/mol. The van der Waals surface area contributed by atoms with Crippen LogP contribution >= 0.6 is 0 Å². The molecule has 4 heterocycles. The summed E-state index contributed by atoms with van der Waals surface area (Å²) in [6.07, 6.45) is 2.10. The molecule has 406 valence electrons. The Labute approximate surface area is 479 Å². The van der Waals surface area contributed by atoms with Crippen molar-refractivity contribution in [3.63, 3.8) is 0 Å². The van der Waals surface area contributed by atoms with Crippen LogP contribution in [0.15, 0.2) is 188 Å². The van der Waals surface area contributed by atoms with Crippen molar-refractivity contribution >= 4 is 43.6 Å². The van der Waals surface area contributed by atoms with Gasteiger partial charge in [0.1, 0.15) is 5.82 Å². The van der Waals surface area contributed by atoms with Crippen LogP contribution in [-0.2, 0) is 12.8 Å². The van der Waals surface area contributed by atoms with Gasteiger partial charge < -0.3 is 0 Å². The van der Waals surface area contributed by atoms with Gasteiger partial charge in [-0.25, -0.2) is 24.3 Å². The van der Waals surface area contributed by atoms with E-state index in [0.29, 0.717) is 0 Å². The zero-order valence-electron chi connectivity index (χ0n) is 49.6.